The van der Waals surface area contributed by atoms with Crippen molar-refractivity contribution in [1.29, 1.82) is 0 Å². The van der Waals surface area contributed by atoms with Gasteiger partial charge in [0.25, 0.3) is 0 Å². The Morgan fingerprint density at radius 3 is 0.551 bits per heavy atom. The number of anilines is 5. The molecular weight excluding hydrogens is 1710 g/mol. The van der Waals surface area contributed by atoms with Crippen LogP contribution in [0, 0.1) is 0 Å². The summed E-state index contributed by atoms with van der Waals surface area (Å²) >= 11 is 0. The van der Waals surface area contributed by atoms with Crippen molar-refractivity contribution in [3.8, 4) is 0 Å². The van der Waals surface area contributed by atoms with Crippen LogP contribution in [0.1, 0.15) is 271 Å². The van der Waals surface area contributed by atoms with E-state index in [1.807, 2.05) is 390 Å². The lowest BCUT2D eigenvalue weighted by atomic mass is 9.95. The number of hydrogen-bond acceptors (Lipinski definition) is 4. The first-order valence-corrected chi connectivity index (χ1v) is 55.9. The zero-order valence-corrected chi connectivity index (χ0v) is 94.0. The SMILES string of the molecule is CC.CC.CC.CC.CC.CC.CC.CC.CC.CC.CC.CC.CC.CC.CC.CCC.CCC.CN1c2ccccc2Cc2ccccc21.O=P(c1ccccc1)(c1ccccc1)c1ccccc1.O=P(c1ccccc1)(c1ccccc1)c1ccccc1.c1ccc(N2c3ccccc3Cc3ccccc32)cc1.c1ccc2c(c1)c1ccccc1n2Cn1c2ccccc2c2ccccc21. The summed E-state index contributed by atoms with van der Waals surface area (Å²) in [6, 6.07) is 138. The van der Waals surface area contributed by atoms with Crippen LogP contribution >= 0.6 is 14.3 Å². The van der Waals surface area contributed by atoms with E-state index >= 15 is 0 Å². The molecule has 17 aromatic rings. The molecule has 4 heterocycles. The molecule has 2 aliphatic rings. The van der Waals surface area contributed by atoms with E-state index in [0.717, 1.165) is 51.3 Å². The molecular formula is C130H182N4O2P2. The molecule has 744 valence electrons. The highest BCUT2D eigenvalue weighted by atomic mass is 31.2. The first-order chi connectivity index (χ1) is 68.2. The van der Waals surface area contributed by atoms with Crippen molar-refractivity contribution >= 4 is 118 Å². The van der Waals surface area contributed by atoms with Crippen molar-refractivity contribution in [2.24, 2.45) is 0 Å². The van der Waals surface area contributed by atoms with Gasteiger partial charge in [0.05, 0.1) is 22.1 Å². The van der Waals surface area contributed by atoms with Crippen LogP contribution in [0.15, 0.2) is 406 Å². The van der Waals surface area contributed by atoms with Gasteiger partial charge in [0, 0.05) is 102 Å². The van der Waals surface area contributed by atoms with E-state index in [-0.39, 0.29) is 0 Å². The molecule has 2 aliphatic heterocycles. The molecule has 2 aromatic heterocycles. The van der Waals surface area contributed by atoms with E-state index in [4.69, 9.17) is 0 Å². The van der Waals surface area contributed by atoms with E-state index in [0.29, 0.717) is 0 Å². The van der Waals surface area contributed by atoms with Crippen molar-refractivity contribution in [3.63, 3.8) is 0 Å². The van der Waals surface area contributed by atoms with Gasteiger partial charge in [-0.1, -0.05) is 594 Å². The lowest BCUT2D eigenvalue weighted by molar-refractivity contribution is 0.591. The van der Waals surface area contributed by atoms with Crippen LogP contribution in [0.4, 0.5) is 28.4 Å². The average Bonchev–Trinajstić information content (AvgIpc) is 1.58. The van der Waals surface area contributed by atoms with E-state index in [2.05, 4.69) is 278 Å². The second kappa shape index (κ2) is 82.1. The van der Waals surface area contributed by atoms with Crippen molar-refractivity contribution in [3.05, 3.63) is 429 Å². The highest BCUT2D eigenvalue weighted by molar-refractivity contribution is 7.85. The molecule has 8 heteroatoms. The first kappa shape index (κ1) is 130. The zero-order chi connectivity index (χ0) is 105. The molecule has 0 aliphatic carbocycles. The van der Waals surface area contributed by atoms with Crippen LogP contribution in [0.25, 0.3) is 43.6 Å². The maximum atomic E-state index is 13.8. The van der Waals surface area contributed by atoms with E-state index in [9.17, 15) is 9.13 Å². The minimum Gasteiger partial charge on any atom is -0.344 e. The third-order valence-electron chi connectivity index (χ3n) is 19.3. The summed E-state index contributed by atoms with van der Waals surface area (Å²) in [7, 11) is -3.42. The monoisotopic (exact) mass is 1890 g/mol. The summed E-state index contributed by atoms with van der Waals surface area (Å²) in [6.45, 7) is 69.3. The molecule has 138 heavy (non-hydrogen) atoms. The van der Waals surface area contributed by atoms with Gasteiger partial charge < -0.3 is 28.1 Å². The number of rotatable bonds is 9. The second-order valence-corrected chi connectivity index (χ2v) is 32.3. The molecule has 19 rings (SSSR count). The normalized spacial score (nSPS) is 9.76. The van der Waals surface area contributed by atoms with Gasteiger partial charge in [-0.05, 0) is 82.9 Å². The van der Waals surface area contributed by atoms with Gasteiger partial charge in [-0.3, -0.25) is 0 Å². The van der Waals surface area contributed by atoms with Gasteiger partial charge in [-0.25, -0.2) is 0 Å². The summed E-state index contributed by atoms with van der Waals surface area (Å²) in [5.41, 5.74) is 17.2. The Morgan fingerprint density at radius 2 is 0.348 bits per heavy atom. The predicted octanol–water partition coefficient (Wildman–Crippen LogP) is 39.7. The minimum atomic E-state index is -2.78. The Balaban J connectivity index is -0.00000153. The van der Waals surface area contributed by atoms with Crippen LogP contribution in [-0.4, -0.2) is 16.2 Å². The standard InChI is InChI=1S/C25H18N2.C19H15N.2C18H15OP.C14H13N.2C3H8.15C2H6/c1-5-13-22-18(9-1)19-10-2-6-14-23(19)26(22)17-27-24-15-7-3-11-20(24)21-12-4-8-16-25(21)27;1-2-10-17(11-3-1)20-18-12-6-4-8-15(18)14-16-9-5-7-13-19(16)20;2*19-20(16-10-4-1-5-11-16,17-12-6-2-7-13-17)18-14-8-3-9-15-18;1-15-13-8-4-2-6-11(13)10-12-7-3-5-9-14(12)15;2*1-3-2;15*1-2/h1-16H,17H2;1-13H,14H2;2*1-15H;2-9H,10H2,1H3;2*3H2,1-2H3;15*1-2H3. The first-order valence-electron chi connectivity index (χ1n) is 52.5. The Kier molecular flexibility index (Phi) is 77.4. The molecule has 6 nitrogen and oxygen atoms in total. The molecule has 0 N–H and O–H groups in total. The Morgan fingerprint density at radius 1 is 0.196 bits per heavy atom. The van der Waals surface area contributed by atoms with Gasteiger partial charge in [0.1, 0.15) is 6.67 Å². The van der Waals surface area contributed by atoms with Gasteiger partial charge in [-0.15, -0.1) is 0 Å². The van der Waals surface area contributed by atoms with E-state index in [1.54, 1.807) is 0 Å². The predicted molar refractivity (Wildman–Crippen MR) is 636 cm³/mol. The molecule has 0 saturated heterocycles. The average molecular weight is 1890 g/mol. The Labute approximate surface area is 843 Å². The summed E-state index contributed by atoms with van der Waals surface area (Å²) < 4.78 is 32.5. The van der Waals surface area contributed by atoms with Crippen LogP contribution in [0.5, 0.6) is 0 Å². The number of benzene rings is 15. The molecule has 0 unspecified atom stereocenters. The molecule has 0 spiro atoms. The number of aromatic nitrogens is 2. The number of fused-ring (bicyclic) bond motifs is 10. The van der Waals surface area contributed by atoms with Gasteiger partial charge in [0.15, 0.2) is 14.3 Å². The fraction of sp³-hybridized carbons (Fsp3) is 0.308. The smallest absolute Gasteiger partial charge is 0.171 e. The molecule has 0 amide bonds. The maximum Gasteiger partial charge on any atom is 0.171 e. The second-order valence-electron chi connectivity index (χ2n) is 26.8. The zero-order valence-electron chi connectivity index (χ0n) is 92.2. The number of nitrogens with zero attached hydrogens (tertiary/aromatic N) is 4. The summed E-state index contributed by atoms with van der Waals surface area (Å²) in [6.07, 6.45) is 4.56. The van der Waals surface area contributed by atoms with E-state index < -0.39 is 14.3 Å². The highest BCUT2D eigenvalue weighted by Crippen LogP contribution is 2.46. The van der Waals surface area contributed by atoms with E-state index in [1.165, 1.54) is 107 Å². The quantitative estimate of drug-likeness (QED) is 0.135. The molecule has 15 aromatic carbocycles. The van der Waals surface area contributed by atoms with Crippen molar-refractivity contribution in [2.75, 3.05) is 16.8 Å². The fourth-order valence-corrected chi connectivity index (χ4v) is 19.8. The van der Waals surface area contributed by atoms with Crippen molar-refractivity contribution in [2.45, 2.75) is 268 Å². The summed E-state index contributed by atoms with van der Waals surface area (Å²) in [4.78, 5) is 4.63. The van der Waals surface area contributed by atoms with Crippen LogP contribution in [0.3, 0.4) is 0 Å². The highest BCUT2D eigenvalue weighted by Gasteiger charge is 2.31. The topological polar surface area (TPSA) is 50.5 Å². The largest absolute Gasteiger partial charge is 0.344 e. The van der Waals surface area contributed by atoms with Crippen molar-refractivity contribution in [1.82, 2.24) is 9.13 Å². The number of para-hydroxylation sites is 9. The summed E-state index contributed by atoms with van der Waals surface area (Å²) in [5.74, 6) is 0. The molecule has 0 fully saturated rings. The van der Waals surface area contributed by atoms with Crippen molar-refractivity contribution < 1.29 is 9.13 Å². The van der Waals surface area contributed by atoms with Crippen LogP contribution < -0.4 is 41.6 Å². The molecule has 0 radical (unpaired) electrons. The number of hydrogen-bond donors (Lipinski definition) is 0. The third-order valence-corrected chi connectivity index (χ3v) is 25.5. The van der Waals surface area contributed by atoms with Gasteiger partial charge >= 0.3 is 0 Å². The molecule has 0 atom stereocenters. The lowest BCUT2D eigenvalue weighted by Gasteiger charge is -2.33. The van der Waals surface area contributed by atoms with Gasteiger partial charge in [0.2, 0.25) is 0 Å². The third kappa shape index (κ3) is 37.4. The Bertz CT molecular complexity index is 5160. The van der Waals surface area contributed by atoms with Gasteiger partial charge in [-0.2, -0.15) is 0 Å². The van der Waals surface area contributed by atoms with Crippen LogP contribution in [-0.2, 0) is 28.6 Å². The molecule has 0 saturated carbocycles. The Hall–Kier alpha value is -12.0. The molecule has 0 bridgehead atoms. The lowest BCUT2D eigenvalue weighted by Crippen LogP contribution is -2.24. The fourth-order valence-electron chi connectivity index (χ4n) is 14.4. The van der Waals surface area contributed by atoms with Crippen LogP contribution in [0.2, 0.25) is 0 Å². The maximum absolute atomic E-state index is 13.8. The summed E-state index contributed by atoms with van der Waals surface area (Å²) in [5, 5.41) is 10.5. The minimum absolute atomic E-state index is 0.794.